The number of rotatable bonds is 3. The van der Waals surface area contributed by atoms with Gasteiger partial charge in [0.05, 0.1) is 22.8 Å². The Bertz CT molecular complexity index is 989. The SMILES string of the molecule is O=C(N[C@@H]1CSc2c1nc1ccccc1c2C(=O)O)c1ccccc1. The van der Waals surface area contributed by atoms with E-state index < -0.39 is 5.97 Å². The van der Waals surface area contributed by atoms with E-state index >= 15 is 0 Å². The second-order valence-corrected chi connectivity index (χ2v) is 6.76. The van der Waals surface area contributed by atoms with Crippen LogP contribution in [0.25, 0.3) is 10.9 Å². The number of fused-ring (bicyclic) bond motifs is 2. The normalized spacial score (nSPS) is 15.8. The fourth-order valence-electron chi connectivity index (χ4n) is 2.99. The minimum absolute atomic E-state index is 0.189. The van der Waals surface area contributed by atoms with Gasteiger partial charge in [-0.2, -0.15) is 0 Å². The Labute approximate surface area is 148 Å². The molecule has 2 N–H and O–H groups in total. The van der Waals surface area contributed by atoms with Crippen LogP contribution in [0, 0.1) is 0 Å². The maximum absolute atomic E-state index is 12.4. The molecule has 2 aromatic carbocycles. The van der Waals surface area contributed by atoms with E-state index in [0.717, 1.165) is 0 Å². The van der Waals surface area contributed by atoms with Gasteiger partial charge in [-0.1, -0.05) is 36.4 Å². The Kier molecular flexibility index (Phi) is 3.89. The third-order valence-corrected chi connectivity index (χ3v) is 5.36. The van der Waals surface area contributed by atoms with Gasteiger partial charge in [0, 0.05) is 21.6 Å². The monoisotopic (exact) mass is 350 g/mol. The highest BCUT2D eigenvalue weighted by atomic mass is 32.2. The van der Waals surface area contributed by atoms with Crippen molar-refractivity contribution in [3.63, 3.8) is 0 Å². The molecule has 1 atom stereocenters. The van der Waals surface area contributed by atoms with E-state index in [1.54, 1.807) is 42.5 Å². The van der Waals surface area contributed by atoms with Gasteiger partial charge in [0.1, 0.15) is 0 Å². The number of benzene rings is 2. The number of nitrogens with one attached hydrogen (secondary N) is 1. The molecule has 25 heavy (non-hydrogen) atoms. The zero-order valence-electron chi connectivity index (χ0n) is 13.1. The van der Waals surface area contributed by atoms with Crippen LogP contribution in [0.2, 0.25) is 0 Å². The minimum Gasteiger partial charge on any atom is -0.478 e. The van der Waals surface area contributed by atoms with Gasteiger partial charge in [0.2, 0.25) is 0 Å². The van der Waals surface area contributed by atoms with Crippen LogP contribution in [0.3, 0.4) is 0 Å². The molecule has 1 aromatic heterocycles. The van der Waals surface area contributed by atoms with Gasteiger partial charge in [0.25, 0.3) is 5.91 Å². The van der Waals surface area contributed by atoms with E-state index in [0.29, 0.717) is 32.8 Å². The first-order chi connectivity index (χ1) is 12.1. The summed E-state index contributed by atoms with van der Waals surface area (Å²) in [6, 6.07) is 15.8. The summed E-state index contributed by atoms with van der Waals surface area (Å²) in [4.78, 5) is 29.5. The number of nitrogens with zero attached hydrogens (tertiary/aromatic N) is 1. The molecule has 0 bridgehead atoms. The molecular formula is C19H14N2O3S. The average Bonchev–Trinajstić information content (AvgIpc) is 3.02. The minimum atomic E-state index is -0.975. The highest BCUT2D eigenvalue weighted by molar-refractivity contribution is 7.99. The van der Waals surface area contributed by atoms with E-state index in [-0.39, 0.29) is 17.5 Å². The molecule has 0 aliphatic carbocycles. The van der Waals surface area contributed by atoms with E-state index in [1.807, 2.05) is 12.1 Å². The van der Waals surface area contributed by atoms with Crippen LogP contribution < -0.4 is 5.32 Å². The van der Waals surface area contributed by atoms with Gasteiger partial charge in [-0.25, -0.2) is 9.78 Å². The first kappa shape index (κ1) is 15.7. The predicted octanol–water partition coefficient (Wildman–Crippen LogP) is 3.51. The maximum Gasteiger partial charge on any atom is 0.337 e. The number of carbonyl (C=O) groups excluding carboxylic acids is 1. The summed E-state index contributed by atoms with van der Waals surface area (Å²) >= 11 is 1.42. The van der Waals surface area contributed by atoms with Crippen LogP contribution in [-0.4, -0.2) is 27.7 Å². The lowest BCUT2D eigenvalue weighted by Crippen LogP contribution is -2.29. The van der Waals surface area contributed by atoms with Gasteiger partial charge in [-0.3, -0.25) is 4.79 Å². The van der Waals surface area contributed by atoms with Gasteiger partial charge in [-0.15, -0.1) is 11.8 Å². The van der Waals surface area contributed by atoms with Gasteiger partial charge in [-0.05, 0) is 18.2 Å². The molecule has 0 saturated carbocycles. The predicted molar refractivity (Wildman–Crippen MR) is 96.1 cm³/mol. The molecular weight excluding hydrogens is 336 g/mol. The number of amides is 1. The van der Waals surface area contributed by atoms with Crippen molar-refractivity contribution < 1.29 is 14.7 Å². The van der Waals surface area contributed by atoms with Crippen molar-refractivity contribution in [2.24, 2.45) is 0 Å². The quantitative estimate of drug-likeness (QED) is 0.756. The lowest BCUT2D eigenvalue weighted by molar-refractivity contribution is 0.0695. The lowest BCUT2D eigenvalue weighted by Gasteiger charge is -2.14. The number of hydrogen-bond acceptors (Lipinski definition) is 4. The van der Waals surface area contributed by atoms with Crippen molar-refractivity contribution in [2.45, 2.75) is 10.9 Å². The van der Waals surface area contributed by atoms with Crippen LogP contribution in [0.1, 0.15) is 32.5 Å². The molecule has 124 valence electrons. The number of hydrogen-bond donors (Lipinski definition) is 2. The van der Waals surface area contributed by atoms with E-state index in [1.165, 1.54) is 11.8 Å². The standard InChI is InChI=1S/C19H14N2O3S/c22-18(11-6-2-1-3-7-11)21-14-10-25-17-15(19(23)24)12-8-4-5-9-13(12)20-16(14)17/h1-9,14H,10H2,(H,21,22)(H,23,24)/t14-/m1/s1. The highest BCUT2D eigenvalue weighted by Crippen LogP contribution is 2.42. The number of aromatic nitrogens is 1. The van der Waals surface area contributed by atoms with Crippen molar-refractivity contribution in [3.05, 3.63) is 71.4 Å². The molecule has 1 aliphatic rings. The number of carboxylic acids is 1. The molecule has 2 heterocycles. The second kappa shape index (κ2) is 6.22. The average molecular weight is 350 g/mol. The van der Waals surface area contributed by atoms with Crippen molar-refractivity contribution >= 4 is 34.5 Å². The molecule has 6 heteroatoms. The number of thioether (sulfide) groups is 1. The summed E-state index contributed by atoms with van der Waals surface area (Å²) in [6.07, 6.45) is 0. The molecule has 3 aromatic rings. The number of para-hydroxylation sites is 1. The summed E-state index contributed by atoms with van der Waals surface area (Å²) in [5, 5.41) is 13.3. The largest absolute Gasteiger partial charge is 0.478 e. The van der Waals surface area contributed by atoms with Crippen molar-refractivity contribution in [2.75, 3.05) is 5.75 Å². The van der Waals surface area contributed by atoms with Gasteiger partial charge < -0.3 is 10.4 Å². The number of carbonyl (C=O) groups is 2. The molecule has 0 saturated heterocycles. The summed E-state index contributed by atoms with van der Waals surface area (Å²) in [5.41, 5.74) is 2.09. The Morgan fingerprint density at radius 2 is 1.80 bits per heavy atom. The fourth-order valence-corrected chi connectivity index (χ4v) is 4.25. The zero-order chi connectivity index (χ0) is 17.4. The van der Waals surface area contributed by atoms with Crippen LogP contribution in [0.4, 0.5) is 0 Å². The molecule has 0 fully saturated rings. The topological polar surface area (TPSA) is 79.3 Å². The van der Waals surface area contributed by atoms with E-state index in [4.69, 9.17) is 0 Å². The van der Waals surface area contributed by atoms with Gasteiger partial charge in [0.15, 0.2) is 0 Å². The summed E-state index contributed by atoms with van der Waals surface area (Å²) < 4.78 is 0. The smallest absolute Gasteiger partial charge is 0.337 e. The van der Waals surface area contributed by atoms with E-state index in [9.17, 15) is 14.7 Å². The summed E-state index contributed by atoms with van der Waals surface area (Å²) in [5.74, 6) is -0.597. The molecule has 4 rings (SSSR count). The van der Waals surface area contributed by atoms with Crippen LogP contribution in [0.5, 0.6) is 0 Å². The fraction of sp³-hybridized carbons (Fsp3) is 0.105. The Hall–Kier alpha value is -2.86. The molecule has 0 spiro atoms. The van der Waals surface area contributed by atoms with Crippen LogP contribution in [0.15, 0.2) is 59.5 Å². The van der Waals surface area contributed by atoms with Crippen LogP contribution in [-0.2, 0) is 0 Å². The lowest BCUT2D eigenvalue weighted by atomic mass is 10.0. The Morgan fingerprint density at radius 3 is 2.56 bits per heavy atom. The summed E-state index contributed by atoms with van der Waals surface area (Å²) in [6.45, 7) is 0. The molecule has 5 nitrogen and oxygen atoms in total. The number of carboxylic acid groups (broad SMARTS) is 1. The molecule has 0 unspecified atom stereocenters. The second-order valence-electron chi connectivity index (χ2n) is 5.73. The first-order valence-corrected chi connectivity index (χ1v) is 8.78. The number of aromatic carboxylic acids is 1. The summed E-state index contributed by atoms with van der Waals surface area (Å²) in [7, 11) is 0. The molecule has 0 radical (unpaired) electrons. The highest BCUT2D eigenvalue weighted by Gasteiger charge is 2.32. The maximum atomic E-state index is 12.4. The van der Waals surface area contributed by atoms with E-state index in [2.05, 4.69) is 10.3 Å². The molecule has 1 aliphatic heterocycles. The third kappa shape index (κ3) is 2.74. The first-order valence-electron chi connectivity index (χ1n) is 7.80. The third-order valence-electron chi connectivity index (χ3n) is 4.15. The van der Waals surface area contributed by atoms with Crippen LogP contribution >= 0.6 is 11.8 Å². The Balaban J connectivity index is 1.75. The van der Waals surface area contributed by atoms with Crippen molar-refractivity contribution in [1.82, 2.24) is 10.3 Å². The Morgan fingerprint density at radius 1 is 1.08 bits per heavy atom. The van der Waals surface area contributed by atoms with Crippen molar-refractivity contribution in [1.29, 1.82) is 0 Å². The zero-order valence-corrected chi connectivity index (χ0v) is 13.9. The van der Waals surface area contributed by atoms with Gasteiger partial charge >= 0.3 is 5.97 Å². The number of pyridine rings is 1. The van der Waals surface area contributed by atoms with Crippen molar-refractivity contribution in [3.8, 4) is 0 Å². The molecule has 1 amide bonds.